The fourth-order valence-electron chi connectivity index (χ4n) is 4.56. The second kappa shape index (κ2) is 12.7. The Bertz CT molecular complexity index is 1420. The van der Waals surface area contributed by atoms with Crippen molar-refractivity contribution in [2.45, 2.75) is 32.4 Å². The summed E-state index contributed by atoms with van der Waals surface area (Å²) in [6, 6.07) is 16.8. The molecule has 0 bridgehead atoms. The summed E-state index contributed by atoms with van der Waals surface area (Å²) in [7, 11) is 0. The Morgan fingerprint density at radius 2 is 2.00 bits per heavy atom. The van der Waals surface area contributed by atoms with Gasteiger partial charge in [0.05, 0.1) is 27.7 Å². The molecule has 3 heterocycles. The van der Waals surface area contributed by atoms with Crippen LogP contribution in [0.5, 0.6) is 11.5 Å². The summed E-state index contributed by atoms with van der Waals surface area (Å²) >= 11 is 6.52. The fourth-order valence-corrected chi connectivity index (χ4v) is 4.79. The van der Waals surface area contributed by atoms with Gasteiger partial charge in [0.25, 0.3) is 0 Å². The summed E-state index contributed by atoms with van der Waals surface area (Å²) in [5.74, 6) is 1.78. The molecule has 1 N–H and O–H groups in total. The molecule has 0 radical (unpaired) electrons. The van der Waals surface area contributed by atoms with Gasteiger partial charge in [0.2, 0.25) is 5.91 Å². The Balaban J connectivity index is 1.30. The molecule has 2 aromatic heterocycles. The predicted molar refractivity (Wildman–Crippen MR) is 150 cm³/mol. The zero-order valence-electron chi connectivity index (χ0n) is 21.7. The van der Waals surface area contributed by atoms with Crippen LogP contribution in [0.4, 0.5) is 11.5 Å². The van der Waals surface area contributed by atoms with E-state index in [1.54, 1.807) is 12.3 Å². The minimum absolute atomic E-state index is 0.00380. The van der Waals surface area contributed by atoms with Crippen LogP contribution in [-0.4, -0.2) is 58.2 Å². The first-order valence-corrected chi connectivity index (χ1v) is 13.3. The van der Waals surface area contributed by atoms with Gasteiger partial charge in [0, 0.05) is 25.0 Å². The van der Waals surface area contributed by atoms with Crippen LogP contribution in [0.1, 0.15) is 25.5 Å². The van der Waals surface area contributed by atoms with Crippen LogP contribution < -0.4 is 14.8 Å². The molecule has 0 aliphatic carbocycles. The highest BCUT2D eigenvalue weighted by Crippen LogP contribution is 2.34. The summed E-state index contributed by atoms with van der Waals surface area (Å²) in [6.45, 7) is 3.90. The van der Waals surface area contributed by atoms with Gasteiger partial charge >= 0.3 is 0 Å². The summed E-state index contributed by atoms with van der Waals surface area (Å²) in [5, 5.41) is 4.55. The number of pyridine rings is 1. The van der Waals surface area contributed by atoms with Crippen LogP contribution in [0.15, 0.2) is 67.1 Å². The molecule has 10 heteroatoms. The summed E-state index contributed by atoms with van der Waals surface area (Å²) in [5.41, 5.74) is 2.29. The van der Waals surface area contributed by atoms with E-state index in [9.17, 15) is 4.79 Å². The SMILES string of the molecule is CCOCC(=O)N1CCC[C@@H]1COc1cccc2ncnc(Nc3ccc(OCc4ccccn4)c(Cl)c3)c12. The lowest BCUT2D eigenvalue weighted by Crippen LogP contribution is -2.41. The number of carbonyl (C=O) groups excluding carboxylic acids is 1. The van der Waals surface area contributed by atoms with Crippen molar-refractivity contribution in [3.05, 3.63) is 77.8 Å². The number of hydrogen-bond donors (Lipinski definition) is 1. The fraction of sp³-hybridized carbons (Fsp3) is 0.310. The maximum Gasteiger partial charge on any atom is 0.248 e. The molecule has 5 rings (SSSR count). The number of fused-ring (bicyclic) bond motifs is 1. The number of aromatic nitrogens is 3. The molecule has 4 aromatic rings. The van der Waals surface area contributed by atoms with E-state index >= 15 is 0 Å². The molecule has 0 saturated carbocycles. The van der Waals surface area contributed by atoms with Crippen molar-refractivity contribution >= 4 is 39.9 Å². The van der Waals surface area contributed by atoms with E-state index < -0.39 is 0 Å². The van der Waals surface area contributed by atoms with Crippen LogP contribution in [0, 0.1) is 0 Å². The first-order chi connectivity index (χ1) is 19.1. The van der Waals surface area contributed by atoms with Crippen molar-refractivity contribution in [1.29, 1.82) is 0 Å². The molecule has 1 amide bonds. The van der Waals surface area contributed by atoms with E-state index in [0.29, 0.717) is 48.7 Å². The highest BCUT2D eigenvalue weighted by Gasteiger charge is 2.29. The number of likely N-dealkylation sites (tertiary alicyclic amines) is 1. The van der Waals surface area contributed by atoms with Gasteiger partial charge in [-0.1, -0.05) is 23.7 Å². The average Bonchev–Trinajstić information content (AvgIpc) is 3.44. The first-order valence-electron chi connectivity index (χ1n) is 13.0. The normalized spacial score (nSPS) is 14.9. The van der Waals surface area contributed by atoms with Crippen molar-refractivity contribution in [2.24, 2.45) is 0 Å². The highest BCUT2D eigenvalue weighted by atomic mass is 35.5. The van der Waals surface area contributed by atoms with Gasteiger partial charge in [0.1, 0.15) is 43.5 Å². The number of nitrogens with one attached hydrogen (secondary N) is 1. The van der Waals surface area contributed by atoms with E-state index in [-0.39, 0.29) is 18.6 Å². The number of halogens is 1. The Morgan fingerprint density at radius 3 is 2.82 bits per heavy atom. The van der Waals surface area contributed by atoms with Crippen molar-refractivity contribution in [3.8, 4) is 11.5 Å². The van der Waals surface area contributed by atoms with Crippen LogP contribution in [0.25, 0.3) is 10.9 Å². The van der Waals surface area contributed by atoms with Gasteiger partial charge in [-0.2, -0.15) is 0 Å². The first kappa shape index (κ1) is 26.6. The number of hydrogen-bond acceptors (Lipinski definition) is 8. The van der Waals surface area contributed by atoms with Gasteiger partial charge in [0.15, 0.2) is 0 Å². The van der Waals surface area contributed by atoms with Gasteiger partial charge in [-0.15, -0.1) is 0 Å². The quantitative estimate of drug-likeness (QED) is 0.266. The second-order valence-electron chi connectivity index (χ2n) is 9.08. The molecule has 1 aliphatic rings. The lowest BCUT2D eigenvalue weighted by atomic mass is 10.2. The van der Waals surface area contributed by atoms with Crippen LogP contribution in [0.2, 0.25) is 5.02 Å². The summed E-state index contributed by atoms with van der Waals surface area (Å²) in [6.07, 6.45) is 5.06. The van der Waals surface area contributed by atoms with Gasteiger partial charge in [-0.3, -0.25) is 9.78 Å². The summed E-state index contributed by atoms with van der Waals surface area (Å²) in [4.78, 5) is 27.6. The number of carbonyl (C=O) groups is 1. The monoisotopic (exact) mass is 547 g/mol. The van der Waals surface area contributed by atoms with E-state index in [1.807, 2.05) is 60.4 Å². The standard InChI is InChI=1S/C29H30ClN5O4/c1-2-37-18-27(36)35-14-6-8-22(35)17-39-26-10-5-9-24-28(26)29(33-19-32-24)34-20-11-12-25(23(30)15-20)38-16-21-7-3-4-13-31-21/h3-5,7,9-13,15,19,22H,2,6,8,14,16-18H2,1H3,(H,32,33,34)/t22-/m1/s1. The minimum atomic E-state index is -0.00770. The molecule has 1 fully saturated rings. The number of benzene rings is 2. The molecule has 1 aliphatic heterocycles. The number of ether oxygens (including phenoxy) is 3. The average molecular weight is 548 g/mol. The molecular formula is C29H30ClN5O4. The van der Waals surface area contributed by atoms with Gasteiger partial charge < -0.3 is 24.4 Å². The lowest BCUT2D eigenvalue weighted by molar-refractivity contribution is -0.137. The predicted octanol–water partition coefficient (Wildman–Crippen LogP) is 5.41. The van der Waals surface area contributed by atoms with Crippen molar-refractivity contribution in [3.63, 3.8) is 0 Å². The zero-order chi connectivity index (χ0) is 27.0. The topological polar surface area (TPSA) is 98.7 Å². The zero-order valence-corrected chi connectivity index (χ0v) is 22.4. The van der Waals surface area contributed by atoms with Gasteiger partial charge in [-0.05, 0) is 62.2 Å². The molecule has 39 heavy (non-hydrogen) atoms. The van der Waals surface area contributed by atoms with Crippen molar-refractivity contribution < 1.29 is 19.0 Å². The van der Waals surface area contributed by atoms with Crippen LogP contribution in [0.3, 0.4) is 0 Å². The molecule has 9 nitrogen and oxygen atoms in total. The molecule has 1 atom stereocenters. The third kappa shape index (κ3) is 6.55. The Morgan fingerprint density at radius 1 is 1.08 bits per heavy atom. The maximum absolute atomic E-state index is 12.6. The Labute approximate surface area is 232 Å². The van der Waals surface area contributed by atoms with Gasteiger partial charge in [-0.25, -0.2) is 9.97 Å². The third-order valence-corrected chi connectivity index (χ3v) is 6.77. The third-order valence-electron chi connectivity index (χ3n) is 6.48. The minimum Gasteiger partial charge on any atom is -0.491 e. The maximum atomic E-state index is 12.6. The van der Waals surface area contributed by atoms with E-state index in [2.05, 4.69) is 20.3 Å². The van der Waals surface area contributed by atoms with Crippen molar-refractivity contribution in [2.75, 3.05) is 31.7 Å². The number of rotatable bonds is 11. The second-order valence-corrected chi connectivity index (χ2v) is 9.49. The Kier molecular flexibility index (Phi) is 8.70. The molecule has 2 aromatic carbocycles. The molecule has 0 unspecified atom stereocenters. The van der Waals surface area contributed by atoms with Crippen LogP contribution >= 0.6 is 11.6 Å². The number of amides is 1. The molecular weight excluding hydrogens is 518 g/mol. The molecule has 0 spiro atoms. The smallest absolute Gasteiger partial charge is 0.248 e. The molecule has 1 saturated heterocycles. The number of anilines is 2. The largest absolute Gasteiger partial charge is 0.491 e. The van der Waals surface area contributed by atoms with Crippen LogP contribution in [-0.2, 0) is 16.1 Å². The molecule has 202 valence electrons. The van der Waals surface area contributed by atoms with Crippen molar-refractivity contribution in [1.82, 2.24) is 19.9 Å². The van der Waals surface area contributed by atoms with E-state index in [0.717, 1.165) is 35.1 Å². The highest BCUT2D eigenvalue weighted by molar-refractivity contribution is 6.32. The Hall–Kier alpha value is -3.95. The number of nitrogens with zero attached hydrogens (tertiary/aromatic N) is 4. The lowest BCUT2D eigenvalue weighted by Gasteiger charge is -2.25. The van der Waals surface area contributed by atoms with E-state index in [4.69, 9.17) is 25.8 Å². The summed E-state index contributed by atoms with van der Waals surface area (Å²) < 4.78 is 17.4. The van der Waals surface area contributed by atoms with E-state index in [1.165, 1.54) is 6.33 Å².